The Morgan fingerprint density at radius 3 is 2.41 bits per heavy atom. The minimum Gasteiger partial charge on any atom is -0.334 e. The van der Waals surface area contributed by atoms with E-state index in [-0.39, 0.29) is 5.91 Å². The zero-order valence-corrected chi connectivity index (χ0v) is 16.2. The Morgan fingerprint density at radius 2 is 1.66 bits per heavy atom. The van der Waals surface area contributed by atoms with E-state index in [1.807, 2.05) is 53.7 Å². The van der Waals surface area contributed by atoms with E-state index in [1.54, 1.807) is 0 Å². The van der Waals surface area contributed by atoms with Gasteiger partial charge in [-0.25, -0.2) is 4.98 Å². The molecule has 144 valence electrons. The molecule has 4 aromatic rings. The topological polar surface area (TPSA) is 37.6 Å². The Labute approximate surface area is 170 Å². The van der Waals surface area contributed by atoms with Crippen molar-refractivity contribution in [1.82, 2.24) is 14.3 Å². The quantitative estimate of drug-likeness (QED) is 0.484. The first kappa shape index (κ1) is 17.7. The van der Waals surface area contributed by atoms with Gasteiger partial charge in [-0.3, -0.25) is 4.79 Å². The number of amides is 1. The van der Waals surface area contributed by atoms with Gasteiger partial charge in [0.25, 0.3) is 0 Å². The molecular formula is C25H23N3O. The molecule has 0 N–H and O–H groups in total. The van der Waals surface area contributed by atoms with Crippen LogP contribution >= 0.6 is 0 Å². The molecular weight excluding hydrogens is 358 g/mol. The first-order chi connectivity index (χ1) is 14.3. The number of fused-ring (bicyclic) bond motifs is 1. The van der Waals surface area contributed by atoms with Gasteiger partial charge in [0.15, 0.2) is 0 Å². The van der Waals surface area contributed by atoms with Crippen molar-refractivity contribution in [2.45, 2.75) is 31.8 Å². The van der Waals surface area contributed by atoms with Crippen LogP contribution in [-0.4, -0.2) is 26.2 Å². The minimum absolute atomic E-state index is 0.186. The minimum atomic E-state index is 0.186. The summed E-state index contributed by atoms with van der Waals surface area (Å²) in [6, 6.07) is 25.0. The van der Waals surface area contributed by atoms with Crippen molar-refractivity contribution in [2.75, 3.05) is 0 Å². The molecule has 2 aromatic heterocycles. The lowest BCUT2D eigenvalue weighted by Crippen LogP contribution is -2.34. The third-order valence-corrected chi connectivity index (χ3v) is 5.55. The summed E-state index contributed by atoms with van der Waals surface area (Å²) in [5, 5.41) is 0. The number of carbonyl (C=O) groups excluding carboxylic acids is 1. The third kappa shape index (κ3) is 3.79. The van der Waals surface area contributed by atoms with Crippen LogP contribution < -0.4 is 0 Å². The molecule has 4 nitrogen and oxygen atoms in total. The predicted molar refractivity (Wildman–Crippen MR) is 114 cm³/mol. The van der Waals surface area contributed by atoms with E-state index >= 15 is 0 Å². The molecule has 1 aliphatic rings. The highest BCUT2D eigenvalue weighted by atomic mass is 16.2. The molecule has 1 aliphatic carbocycles. The molecule has 2 aromatic carbocycles. The largest absolute Gasteiger partial charge is 0.334 e. The molecule has 29 heavy (non-hydrogen) atoms. The maximum Gasteiger partial charge on any atom is 0.227 e. The van der Waals surface area contributed by atoms with Crippen molar-refractivity contribution < 1.29 is 4.79 Å². The number of carbonyl (C=O) groups is 1. The van der Waals surface area contributed by atoms with Gasteiger partial charge in [0.2, 0.25) is 5.91 Å². The normalized spacial score (nSPS) is 13.5. The monoisotopic (exact) mass is 381 g/mol. The summed E-state index contributed by atoms with van der Waals surface area (Å²) in [6.07, 6.45) is 6.51. The number of aromatic nitrogens is 2. The maximum atomic E-state index is 13.1. The number of hydrogen-bond donors (Lipinski definition) is 0. The summed E-state index contributed by atoms with van der Waals surface area (Å²) < 4.78 is 2.07. The molecule has 0 aliphatic heterocycles. The molecule has 1 saturated carbocycles. The van der Waals surface area contributed by atoms with Crippen LogP contribution in [0.3, 0.4) is 0 Å². The third-order valence-electron chi connectivity index (χ3n) is 5.55. The predicted octanol–water partition coefficient (Wildman–Crippen LogP) is 4.74. The summed E-state index contributed by atoms with van der Waals surface area (Å²) in [4.78, 5) is 19.6. The average molecular weight is 381 g/mol. The first-order valence-corrected chi connectivity index (χ1v) is 10.1. The zero-order valence-electron chi connectivity index (χ0n) is 16.2. The van der Waals surface area contributed by atoms with Crippen LogP contribution in [0.2, 0.25) is 0 Å². The summed E-state index contributed by atoms with van der Waals surface area (Å²) in [7, 11) is 0. The van der Waals surface area contributed by atoms with Gasteiger partial charge in [-0.05, 0) is 41.7 Å². The Balaban J connectivity index is 1.32. The standard InChI is InChI=1S/C25H23N3O/c29-25(16-19-9-11-21(12-10-19)20-6-2-1-3-7-20)28(22-13-14-22)18-23-17-26-24-8-4-5-15-27(23)24/h1-12,15,17,22H,13-14,16,18H2. The Bertz CT molecular complexity index is 1130. The highest BCUT2D eigenvalue weighted by Gasteiger charge is 2.33. The van der Waals surface area contributed by atoms with Gasteiger partial charge in [-0.1, -0.05) is 60.7 Å². The van der Waals surface area contributed by atoms with E-state index in [9.17, 15) is 4.79 Å². The van der Waals surface area contributed by atoms with Gasteiger partial charge >= 0.3 is 0 Å². The van der Waals surface area contributed by atoms with Crippen LogP contribution in [0.25, 0.3) is 16.8 Å². The van der Waals surface area contributed by atoms with Gasteiger partial charge in [-0.2, -0.15) is 0 Å². The number of benzene rings is 2. The zero-order chi connectivity index (χ0) is 19.6. The molecule has 4 heteroatoms. The van der Waals surface area contributed by atoms with E-state index in [0.717, 1.165) is 29.7 Å². The number of pyridine rings is 1. The molecule has 1 amide bonds. The van der Waals surface area contributed by atoms with E-state index < -0.39 is 0 Å². The molecule has 0 unspecified atom stereocenters. The van der Waals surface area contributed by atoms with Crippen molar-refractivity contribution in [3.05, 3.63) is 96.4 Å². The van der Waals surface area contributed by atoms with Gasteiger partial charge in [0.05, 0.1) is 24.9 Å². The van der Waals surface area contributed by atoms with Gasteiger partial charge < -0.3 is 9.30 Å². The smallest absolute Gasteiger partial charge is 0.227 e. The second kappa shape index (κ2) is 7.55. The molecule has 2 heterocycles. The van der Waals surface area contributed by atoms with Crippen LogP contribution in [0.15, 0.2) is 85.2 Å². The Morgan fingerprint density at radius 1 is 0.931 bits per heavy atom. The van der Waals surface area contributed by atoms with Crippen molar-refractivity contribution in [1.29, 1.82) is 0 Å². The highest BCUT2D eigenvalue weighted by Crippen LogP contribution is 2.29. The van der Waals surface area contributed by atoms with E-state index in [4.69, 9.17) is 0 Å². The maximum absolute atomic E-state index is 13.1. The van der Waals surface area contributed by atoms with Crippen molar-refractivity contribution in [2.24, 2.45) is 0 Å². The highest BCUT2D eigenvalue weighted by molar-refractivity contribution is 5.79. The molecule has 1 fully saturated rings. The second-order valence-electron chi connectivity index (χ2n) is 7.67. The molecule has 0 atom stereocenters. The summed E-state index contributed by atoms with van der Waals surface area (Å²) in [6.45, 7) is 0.608. The van der Waals surface area contributed by atoms with Gasteiger partial charge in [0, 0.05) is 12.2 Å². The van der Waals surface area contributed by atoms with E-state index in [0.29, 0.717) is 19.0 Å². The summed E-state index contributed by atoms with van der Waals surface area (Å²) in [5.41, 5.74) is 5.39. The number of nitrogens with zero attached hydrogens (tertiary/aromatic N) is 3. The molecule has 5 rings (SSSR count). The number of hydrogen-bond acceptors (Lipinski definition) is 2. The molecule has 0 saturated heterocycles. The first-order valence-electron chi connectivity index (χ1n) is 10.1. The fourth-order valence-electron chi connectivity index (χ4n) is 3.81. The lowest BCUT2D eigenvalue weighted by molar-refractivity contribution is -0.131. The van der Waals surface area contributed by atoms with Crippen molar-refractivity contribution in [3.63, 3.8) is 0 Å². The van der Waals surface area contributed by atoms with Gasteiger partial charge in [-0.15, -0.1) is 0 Å². The van der Waals surface area contributed by atoms with Gasteiger partial charge in [0.1, 0.15) is 5.65 Å². The van der Waals surface area contributed by atoms with Crippen molar-refractivity contribution in [3.8, 4) is 11.1 Å². The second-order valence-corrected chi connectivity index (χ2v) is 7.67. The molecule has 0 bridgehead atoms. The van der Waals surface area contributed by atoms with E-state index in [2.05, 4.69) is 45.8 Å². The Hall–Kier alpha value is -3.40. The van der Waals surface area contributed by atoms with Crippen LogP contribution in [0.4, 0.5) is 0 Å². The number of rotatable bonds is 6. The van der Waals surface area contributed by atoms with Crippen LogP contribution in [0.5, 0.6) is 0 Å². The fourth-order valence-corrected chi connectivity index (χ4v) is 3.81. The average Bonchev–Trinajstić information content (AvgIpc) is 3.53. The molecule has 0 spiro atoms. The van der Waals surface area contributed by atoms with Crippen LogP contribution in [0, 0.1) is 0 Å². The SMILES string of the molecule is O=C(Cc1ccc(-c2ccccc2)cc1)N(Cc1cnc2ccccn12)C1CC1. The number of imidazole rings is 1. The lowest BCUT2D eigenvalue weighted by Gasteiger charge is -2.22. The fraction of sp³-hybridized carbons (Fsp3) is 0.200. The van der Waals surface area contributed by atoms with Crippen LogP contribution in [0.1, 0.15) is 24.1 Å². The van der Waals surface area contributed by atoms with E-state index in [1.165, 1.54) is 11.1 Å². The van der Waals surface area contributed by atoms with Crippen molar-refractivity contribution >= 4 is 11.6 Å². The Kier molecular flexibility index (Phi) is 4.60. The summed E-state index contributed by atoms with van der Waals surface area (Å²) >= 11 is 0. The summed E-state index contributed by atoms with van der Waals surface area (Å²) in [5.74, 6) is 0.186. The lowest BCUT2D eigenvalue weighted by atomic mass is 10.0. The molecule has 0 radical (unpaired) electrons. The van der Waals surface area contributed by atoms with Crippen LogP contribution in [-0.2, 0) is 17.8 Å².